The Balaban J connectivity index is 1.77. The van der Waals surface area contributed by atoms with Crippen LogP contribution >= 0.6 is 0 Å². The standard InChI is InChI=1S/C21H21N5O/c1-12-6-5-7-13(2)19(12)23-21(27)16-9-17-18(8-14(16)3)24-25-20(17)15-10-22-26(4)11-15/h5-11H,1-4H3,(H,23,27)(H,24,25). The molecule has 2 heterocycles. The maximum Gasteiger partial charge on any atom is 0.255 e. The number of aromatic amines is 1. The summed E-state index contributed by atoms with van der Waals surface area (Å²) in [7, 11) is 1.87. The Morgan fingerprint density at radius 2 is 1.85 bits per heavy atom. The number of hydrogen-bond donors (Lipinski definition) is 2. The molecule has 4 aromatic rings. The average molecular weight is 359 g/mol. The molecular weight excluding hydrogens is 338 g/mol. The lowest BCUT2D eigenvalue weighted by Gasteiger charge is -2.13. The van der Waals surface area contributed by atoms with Crippen LogP contribution in [0.2, 0.25) is 0 Å². The van der Waals surface area contributed by atoms with E-state index < -0.39 is 0 Å². The molecule has 0 unspecified atom stereocenters. The largest absolute Gasteiger partial charge is 0.321 e. The first-order chi connectivity index (χ1) is 12.9. The minimum absolute atomic E-state index is 0.120. The second-order valence-corrected chi connectivity index (χ2v) is 6.91. The number of aromatic nitrogens is 4. The van der Waals surface area contributed by atoms with Gasteiger partial charge in [0.15, 0.2) is 0 Å². The van der Waals surface area contributed by atoms with E-state index in [2.05, 4.69) is 20.6 Å². The zero-order chi connectivity index (χ0) is 19.1. The highest BCUT2D eigenvalue weighted by Gasteiger charge is 2.17. The van der Waals surface area contributed by atoms with Gasteiger partial charge in [0.2, 0.25) is 0 Å². The Bertz CT molecular complexity index is 1150. The van der Waals surface area contributed by atoms with Crippen LogP contribution < -0.4 is 5.32 Å². The van der Waals surface area contributed by atoms with Crippen molar-refractivity contribution in [3.05, 3.63) is 65.0 Å². The number of rotatable bonds is 3. The molecule has 0 aliphatic carbocycles. The molecule has 0 saturated carbocycles. The fraction of sp³-hybridized carbons (Fsp3) is 0.190. The Morgan fingerprint density at radius 3 is 2.52 bits per heavy atom. The van der Waals surface area contributed by atoms with Crippen LogP contribution in [0.3, 0.4) is 0 Å². The highest BCUT2D eigenvalue weighted by molar-refractivity contribution is 6.09. The molecule has 6 nitrogen and oxygen atoms in total. The number of benzene rings is 2. The number of H-pyrrole nitrogens is 1. The van der Waals surface area contributed by atoms with Crippen LogP contribution in [0.25, 0.3) is 22.2 Å². The van der Waals surface area contributed by atoms with Gasteiger partial charge in [-0.25, -0.2) is 0 Å². The predicted molar refractivity (Wildman–Crippen MR) is 107 cm³/mol. The van der Waals surface area contributed by atoms with Crippen molar-refractivity contribution in [3.63, 3.8) is 0 Å². The third kappa shape index (κ3) is 2.99. The molecule has 4 rings (SSSR count). The molecule has 0 aliphatic rings. The number of carbonyl (C=O) groups excluding carboxylic acids is 1. The number of nitrogens with zero attached hydrogens (tertiary/aromatic N) is 3. The van der Waals surface area contributed by atoms with Crippen molar-refractivity contribution in [2.45, 2.75) is 20.8 Å². The van der Waals surface area contributed by atoms with Crippen LogP contribution in [0.4, 0.5) is 5.69 Å². The van der Waals surface area contributed by atoms with Gasteiger partial charge in [-0.3, -0.25) is 14.6 Å². The molecule has 1 amide bonds. The fourth-order valence-electron chi connectivity index (χ4n) is 3.37. The lowest BCUT2D eigenvalue weighted by Crippen LogP contribution is -2.15. The summed E-state index contributed by atoms with van der Waals surface area (Å²) >= 11 is 0. The van der Waals surface area contributed by atoms with Gasteiger partial charge in [0, 0.05) is 35.4 Å². The summed E-state index contributed by atoms with van der Waals surface area (Å²) in [6.45, 7) is 5.92. The van der Waals surface area contributed by atoms with Crippen LogP contribution in [0, 0.1) is 20.8 Å². The van der Waals surface area contributed by atoms with E-state index in [4.69, 9.17) is 0 Å². The molecule has 2 N–H and O–H groups in total. The highest BCUT2D eigenvalue weighted by atomic mass is 16.1. The number of fused-ring (bicyclic) bond motifs is 1. The highest BCUT2D eigenvalue weighted by Crippen LogP contribution is 2.29. The van der Waals surface area contributed by atoms with Gasteiger partial charge >= 0.3 is 0 Å². The molecule has 2 aromatic carbocycles. The van der Waals surface area contributed by atoms with Crippen molar-refractivity contribution in [2.75, 3.05) is 5.32 Å². The summed E-state index contributed by atoms with van der Waals surface area (Å²) in [6.07, 6.45) is 3.68. The molecule has 0 fully saturated rings. The van der Waals surface area contributed by atoms with Crippen molar-refractivity contribution in [3.8, 4) is 11.3 Å². The number of carbonyl (C=O) groups is 1. The van der Waals surface area contributed by atoms with Gasteiger partial charge in [0.05, 0.1) is 11.7 Å². The van der Waals surface area contributed by atoms with Gasteiger partial charge in [-0.1, -0.05) is 18.2 Å². The first kappa shape index (κ1) is 17.0. The SMILES string of the molecule is Cc1cc2[nH]nc(-c3cnn(C)c3)c2cc1C(=O)Nc1c(C)cccc1C. The van der Waals surface area contributed by atoms with Crippen molar-refractivity contribution in [1.29, 1.82) is 0 Å². The summed E-state index contributed by atoms with van der Waals surface area (Å²) in [4.78, 5) is 13.0. The van der Waals surface area contributed by atoms with Gasteiger partial charge in [-0.05, 0) is 49.6 Å². The second kappa shape index (κ2) is 6.39. The summed E-state index contributed by atoms with van der Waals surface area (Å²) in [6, 6.07) is 9.84. The van der Waals surface area contributed by atoms with E-state index in [0.717, 1.165) is 44.5 Å². The van der Waals surface area contributed by atoms with Crippen LogP contribution in [0.15, 0.2) is 42.7 Å². The first-order valence-electron chi connectivity index (χ1n) is 8.79. The molecule has 27 heavy (non-hydrogen) atoms. The van der Waals surface area contributed by atoms with Crippen molar-refractivity contribution < 1.29 is 4.79 Å². The van der Waals surface area contributed by atoms with Crippen molar-refractivity contribution in [2.24, 2.45) is 7.05 Å². The minimum atomic E-state index is -0.120. The molecule has 2 aromatic heterocycles. The molecule has 136 valence electrons. The summed E-state index contributed by atoms with van der Waals surface area (Å²) < 4.78 is 1.73. The summed E-state index contributed by atoms with van der Waals surface area (Å²) in [5.41, 5.74) is 7.08. The topological polar surface area (TPSA) is 75.6 Å². The zero-order valence-electron chi connectivity index (χ0n) is 15.8. The monoisotopic (exact) mass is 359 g/mol. The molecule has 0 aliphatic heterocycles. The van der Waals surface area contributed by atoms with E-state index in [1.54, 1.807) is 10.9 Å². The second-order valence-electron chi connectivity index (χ2n) is 6.91. The molecule has 6 heteroatoms. The fourth-order valence-corrected chi connectivity index (χ4v) is 3.37. The Kier molecular flexibility index (Phi) is 4.03. The number of amides is 1. The third-order valence-electron chi connectivity index (χ3n) is 4.85. The van der Waals surface area contributed by atoms with E-state index in [-0.39, 0.29) is 5.91 Å². The molecular formula is C21H21N5O. The number of para-hydroxylation sites is 1. The van der Waals surface area contributed by atoms with E-state index in [9.17, 15) is 4.79 Å². The molecule has 0 radical (unpaired) electrons. The van der Waals surface area contributed by atoms with E-state index in [1.807, 2.05) is 64.3 Å². The summed E-state index contributed by atoms with van der Waals surface area (Å²) in [5, 5.41) is 15.7. The van der Waals surface area contributed by atoms with E-state index in [0.29, 0.717) is 5.56 Å². The third-order valence-corrected chi connectivity index (χ3v) is 4.85. The van der Waals surface area contributed by atoms with Crippen molar-refractivity contribution in [1.82, 2.24) is 20.0 Å². The predicted octanol–water partition coefficient (Wildman–Crippen LogP) is 4.14. The first-order valence-corrected chi connectivity index (χ1v) is 8.79. The maximum absolute atomic E-state index is 13.0. The van der Waals surface area contributed by atoms with Crippen LogP contribution in [-0.2, 0) is 7.05 Å². The number of anilines is 1. The molecule has 0 atom stereocenters. The quantitative estimate of drug-likeness (QED) is 0.577. The molecule has 0 saturated heterocycles. The number of aryl methyl sites for hydroxylation is 4. The Morgan fingerprint density at radius 1 is 1.11 bits per heavy atom. The molecule has 0 spiro atoms. The zero-order valence-corrected chi connectivity index (χ0v) is 15.8. The lowest BCUT2D eigenvalue weighted by atomic mass is 10.0. The number of nitrogens with one attached hydrogen (secondary N) is 2. The van der Waals surface area contributed by atoms with Gasteiger partial charge in [-0.15, -0.1) is 0 Å². The van der Waals surface area contributed by atoms with Gasteiger partial charge in [0.25, 0.3) is 5.91 Å². The molecule has 0 bridgehead atoms. The maximum atomic E-state index is 13.0. The Labute approximate surface area is 157 Å². The van der Waals surface area contributed by atoms with Gasteiger partial charge < -0.3 is 5.32 Å². The van der Waals surface area contributed by atoms with Crippen LogP contribution in [-0.4, -0.2) is 25.9 Å². The average Bonchev–Trinajstić information content (AvgIpc) is 3.23. The Hall–Kier alpha value is -3.41. The van der Waals surface area contributed by atoms with Gasteiger partial charge in [-0.2, -0.15) is 10.2 Å². The smallest absolute Gasteiger partial charge is 0.255 e. The van der Waals surface area contributed by atoms with Crippen molar-refractivity contribution >= 4 is 22.5 Å². The van der Waals surface area contributed by atoms with Gasteiger partial charge in [0.1, 0.15) is 5.69 Å². The lowest BCUT2D eigenvalue weighted by molar-refractivity contribution is 0.102. The van der Waals surface area contributed by atoms with Crippen LogP contribution in [0.5, 0.6) is 0 Å². The normalized spacial score (nSPS) is 11.1. The summed E-state index contributed by atoms with van der Waals surface area (Å²) in [5.74, 6) is -0.120. The number of hydrogen-bond acceptors (Lipinski definition) is 3. The van der Waals surface area contributed by atoms with Crippen LogP contribution in [0.1, 0.15) is 27.0 Å². The minimum Gasteiger partial charge on any atom is -0.321 e. The van der Waals surface area contributed by atoms with E-state index in [1.165, 1.54) is 0 Å². The van der Waals surface area contributed by atoms with E-state index >= 15 is 0 Å².